The molecule has 0 saturated carbocycles. The zero-order valence-corrected chi connectivity index (χ0v) is 19.1. The lowest BCUT2D eigenvalue weighted by molar-refractivity contribution is 0.574. The van der Waals surface area contributed by atoms with Crippen LogP contribution in [0.3, 0.4) is 0 Å². The molecule has 0 saturated heterocycles. The molecule has 4 rings (SSSR count). The molecule has 1 aromatic carbocycles. The van der Waals surface area contributed by atoms with Crippen LogP contribution in [0.15, 0.2) is 36.9 Å². The first-order valence-corrected chi connectivity index (χ1v) is 12.1. The van der Waals surface area contributed by atoms with Crippen LogP contribution in [0.1, 0.15) is 30.2 Å². The zero-order valence-electron chi connectivity index (χ0n) is 18.3. The van der Waals surface area contributed by atoms with E-state index in [2.05, 4.69) is 25.3 Å². The second-order valence-corrected chi connectivity index (χ2v) is 9.95. The van der Waals surface area contributed by atoms with E-state index in [1.807, 2.05) is 26.1 Å². The summed E-state index contributed by atoms with van der Waals surface area (Å²) in [5.41, 5.74) is 1.94. The summed E-state index contributed by atoms with van der Waals surface area (Å²) in [5.74, 6) is -2.07. The first-order valence-electron chi connectivity index (χ1n) is 10.3. The standard InChI is InChI=1S/C22H22F2N6O2S/c1-4-7-33(31,32)11-15-5-6-16(23)19(18(15)24)28-21-20-17(26-12-27-21)9-25-22(29-20)30-10-13(2)8-14(30)3/h5-6,8-10,12H,4,7,11H2,1-3H3,(H,26,27,28). The van der Waals surface area contributed by atoms with Crippen molar-refractivity contribution in [2.75, 3.05) is 11.1 Å². The number of halogens is 2. The molecule has 0 radical (unpaired) electrons. The van der Waals surface area contributed by atoms with Gasteiger partial charge in [-0.3, -0.25) is 4.57 Å². The minimum absolute atomic E-state index is 0.0662. The van der Waals surface area contributed by atoms with E-state index < -0.39 is 32.9 Å². The minimum Gasteiger partial charge on any atom is -0.333 e. The monoisotopic (exact) mass is 472 g/mol. The second-order valence-electron chi connectivity index (χ2n) is 7.77. The highest BCUT2D eigenvalue weighted by Gasteiger charge is 2.20. The highest BCUT2D eigenvalue weighted by molar-refractivity contribution is 7.90. The molecule has 172 valence electrons. The Kier molecular flexibility index (Phi) is 6.07. The predicted octanol–water partition coefficient (Wildman–Crippen LogP) is 4.17. The SMILES string of the molecule is CCCS(=O)(=O)Cc1ccc(F)c(Nc2ncnc3cnc(-n4cc(C)cc4C)nc23)c1F. The third kappa shape index (κ3) is 4.68. The van der Waals surface area contributed by atoms with Gasteiger partial charge in [0.05, 0.1) is 17.7 Å². The van der Waals surface area contributed by atoms with Crippen LogP contribution in [0.2, 0.25) is 0 Å². The van der Waals surface area contributed by atoms with E-state index in [1.54, 1.807) is 11.5 Å². The summed E-state index contributed by atoms with van der Waals surface area (Å²) in [6.07, 6.45) is 5.00. The molecule has 1 N–H and O–H groups in total. The van der Waals surface area contributed by atoms with Crippen molar-refractivity contribution in [1.82, 2.24) is 24.5 Å². The van der Waals surface area contributed by atoms with Gasteiger partial charge in [0.2, 0.25) is 5.95 Å². The quantitative estimate of drug-likeness (QED) is 0.431. The van der Waals surface area contributed by atoms with E-state index >= 15 is 4.39 Å². The summed E-state index contributed by atoms with van der Waals surface area (Å²) in [5, 5.41) is 2.64. The molecule has 0 unspecified atom stereocenters. The Morgan fingerprint density at radius 1 is 1.12 bits per heavy atom. The summed E-state index contributed by atoms with van der Waals surface area (Å²) < 4.78 is 55.8. The summed E-state index contributed by atoms with van der Waals surface area (Å²) >= 11 is 0. The second kappa shape index (κ2) is 8.81. The van der Waals surface area contributed by atoms with E-state index in [4.69, 9.17) is 0 Å². The summed E-state index contributed by atoms with van der Waals surface area (Å²) in [4.78, 5) is 17.1. The van der Waals surface area contributed by atoms with E-state index in [1.165, 1.54) is 12.5 Å². The fourth-order valence-electron chi connectivity index (χ4n) is 3.57. The van der Waals surface area contributed by atoms with Gasteiger partial charge in [0.25, 0.3) is 0 Å². The Morgan fingerprint density at radius 3 is 2.61 bits per heavy atom. The maximum absolute atomic E-state index is 15.1. The third-order valence-electron chi connectivity index (χ3n) is 5.03. The number of fused-ring (bicyclic) bond motifs is 1. The average molecular weight is 473 g/mol. The fraction of sp³-hybridized carbons (Fsp3) is 0.273. The van der Waals surface area contributed by atoms with Gasteiger partial charge in [-0.25, -0.2) is 37.1 Å². The number of anilines is 2. The maximum Gasteiger partial charge on any atom is 0.234 e. The van der Waals surface area contributed by atoms with Crippen molar-refractivity contribution in [3.05, 3.63) is 65.4 Å². The van der Waals surface area contributed by atoms with Crippen molar-refractivity contribution < 1.29 is 17.2 Å². The summed E-state index contributed by atoms with van der Waals surface area (Å²) in [6, 6.07) is 4.13. The molecule has 3 heterocycles. The van der Waals surface area contributed by atoms with E-state index in [9.17, 15) is 12.8 Å². The van der Waals surface area contributed by atoms with Crippen molar-refractivity contribution >= 4 is 32.4 Å². The lowest BCUT2D eigenvalue weighted by atomic mass is 10.2. The third-order valence-corrected chi connectivity index (χ3v) is 6.82. The van der Waals surface area contributed by atoms with Gasteiger partial charge in [-0.05, 0) is 38.0 Å². The van der Waals surface area contributed by atoms with Crippen LogP contribution in [0.4, 0.5) is 20.3 Å². The molecule has 0 amide bonds. The van der Waals surface area contributed by atoms with Gasteiger partial charge in [0.1, 0.15) is 28.9 Å². The van der Waals surface area contributed by atoms with Crippen LogP contribution in [-0.4, -0.2) is 38.7 Å². The molecule has 0 bridgehead atoms. The number of nitrogens with one attached hydrogen (secondary N) is 1. The minimum atomic E-state index is -3.52. The predicted molar refractivity (Wildman–Crippen MR) is 121 cm³/mol. The summed E-state index contributed by atoms with van der Waals surface area (Å²) in [7, 11) is -3.52. The molecular formula is C22H22F2N6O2S. The largest absolute Gasteiger partial charge is 0.333 e. The van der Waals surface area contributed by atoms with Gasteiger partial charge in [-0.2, -0.15) is 0 Å². The van der Waals surface area contributed by atoms with Crippen LogP contribution < -0.4 is 5.32 Å². The highest BCUT2D eigenvalue weighted by Crippen LogP contribution is 2.29. The van der Waals surface area contributed by atoms with E-state index in [0.29, 0.717) is 17.9 Å². The number of nitrogens with zero attached hydrogens (tertiary/aromatic N) is 5. The number of hydrogen-bond donors (Lipinski definition) is 1. The molecule has 3 aromatic heterocycles. The number of benzene rings is 1. The van der Waals surface area contributed by atoms with Crippen molar-refractivity contribution in [2.24, 2.45) is 0 Å². The number of rotatable bonds is 7. The van der Waals surface area contributed by atoms with Crippen LogP contribution in [-0.2, 0) is 15.6 Å². The first kappa shape index (κ1) is 22.7. The number of hydrogen-bond acceptors (Lipinski definition) is 7. The molecule has 0 aliphatic carbocycles. The van der Waals surface area contributed by atoms with E-state index in [0.717, 1.165) is 23.4 Å². The summed E-state index contributed by atoms with van der Waals surface area (Å²) in [6.45, 7) is 5.57. The molecule has 33 heavy (non-hydrogen) atoms. The molecule has 0 fully saturated rings. The Balaban J connectivity index is 1.77. The highest BCUT2D eigenvalue weighted by atomic mass is 32.2. The number of aromatic nitrogens is 5. The Labute approximate surface area is 189 Å². The number of aryl methyl sites for hydroxylation is 2. The van der Waals surface area contributed by atoms with Crippen LogP contribution in [0.25, 0.3) is 17.0 Å². The van der Waals surface area contributed by atoms with Crippen molar-refractivity contribution in [3.8, 4) is 5.95 Å². The van der Waals surface area contributed by atoms with Gasteiger partial charge in [-0.15, -0.1) is 0 Å². The normalized spacial score (nSPS) is 11.8. The molecule has 11 heteroatoms. The number of sulfone groups is 1. The maximum atomic E-state index is 15.1. The Bertz CT molecular complexity index is 1450. The van der Waals surface area contributed by atoms with Gasteiger partial charge < -0.3 is 5.32 Å². The molecule has 0 aliphatic rings. The topological polar surface area (TPSA) is 103 Å². The van der Waals surface area contributed by atoms with Gasteiger partial charge in [-0.1, -0.05) is 13.0 Å². The zero-order chi connectivity index (χ0) is 23.8. The van der Waals surface area contributed by atoms with Crippen molar-refractivity contribution in [1.29, 1.82) is 0 Å². The Morgan fingerprint density at radius 2 is 1.91 bits per heavy atom. The molecular weight excluding hydrogens is 450 g/mol. The van der Waals surface area contributed by atoms with Crippen molar-refractivity contribution in [2.45, 2.75) is 32.9 Å². The van der Waals surface area contributed by atoms with Gasteiger partial charge >= 0.3 is 0 Å². The van der Waals surface area contributed by atoms with Crippen molar-refractivity contribution in [3.63, 3.8) is 0 Å². The van der Waals surface area contributed by atoms with Crippen LogP contribution >= 0.6 is 0 Å². The van der Waals surface area contributed by atoms with Crippen LogP contribution in [0, 0.1) is 25.5 Å². The Hall–Kier alpha value is -3.47. The molecule has 0 atom stereocenters. The smallest absolute Gasteiger partial charge is 0.234 e. The first-order chi connectivity index (χ1) is 15.7. The van der Waals surface area contributed by atoms with Crippen LogP contribution in [0.5, 0.6) is 0 Å². The lowest BCUT2D eigenvalue weighted by Crippen LogP contribution is -2.11. The molecule has 0 spiro atoms. The molecule has 0 aliphatic heterocycles. The van der Waals surface area contributed by atoms with Gasteiger partial charge in [0.15, 0.2) is 21.5 Å². The molecule has 4 aromatic rings. The average Bonchev–Trinajstić information content (AvgIpc) is 3.10. The van der Waals surface area contributed by atoms with E-state index in [-0.39, 0.29) is 22.7 Å². The lowest BCUT2D eigenvalue weighted by Gasteiger charge is -2.13. The van der Waals surface area contributed by atoms with Gasteiger partial charge in [0, 0.05) is 17.5 Å². The molecule has 8 nitrogen and oxygen atoms in total. The fourth-order valence-corrected chi connectivity index (χ4v) is 5.03.